The maximum Gasteiger partial charge on any atom is 0.341 e. The van der Waals surface area contributed by atoms with Gasteiger partial charge in [0.05, 0.1) is 13.3 Å². The van der Waals surface area contributed by atoms with Gasteiger partial charge in [0.15, 0.2) is 5.58 Å². The molecule has 2 heterocycles. The first-order valence-electron chi connectivity index (χ1n) is 3.74. The van der Waals surface area contributed by atoms with Crippen molar-refractivity contribution in [1.29, 1.82) is 0 Å². The number of pyridine rings is 1. The van der Waals surface area contributed by atoms with E-state index in [-0.39, 0.29) is 11.1 Å². The number of aromatic nitrogens is 2. The summed E-state index contributed by atoms with van der Waals surface area (Å²) in [4.78, 5) is 14.6. The summed E-state index contributed by atoms with van der Waals surface area (Å²) in [5, 5.41) is 12.7. The molecule has 1 N–H and O–H groups in total. The van der Waals surface area contributed by atoms with Crippen LogP contribution in [0.25, 0.3) is 11.0 Å². The number of nitrogens with zero attached hydrogens (tertiary/aromatic N) is 2. The molecule has 2 rings (SSSR count). The average molecular weight is 194 g/mol. The molecule has 0 saturated heterocycles. The Morgan fingerprint density at radius 2 is 2.36 bits per heavy atom. The van der Waals surface area contributed by atoms with Crippen LogP contribution in [-0.2, 0) is 0 Å². The lowest BCUT2D eigenvalue weighted by atomic mass is 10.2. The number of carboxylic acids is 1. The number of aromatic carboxylic acids is 1. The van der Waals surface area contributed by atoms with Gasteiger partial charge in [-0.1, -0.05) is 5.16 Å². The first-order chi connectivity index (χ1) is 6.74. The fourth-order valence-corrected chi connectivity index (χ4v) is 1.15. The van der Waals surface area contributed by atoms with Crippen molar-refractivity contribution in [2.75, 3.05) is 7.11 Å². The molecule has 0 aliphatic heterocycles. The minimum atomic E-state index is -1.11. The van der Waals surface area contributed by atoms with Crippen LogP contribution in [0.15, 0.2) is 16.9 Å². The fourth-order valence-electron chi connectivity index (χ4n) is 1.15. The predicted octanol–water partition coefficient (Wildman–Crippen LogP) is 0.930. The molecule has 6 heteroatoms. The van der Waals surface area contributed by atoms with Gasteiger partial charge in [-0.15, -0.1) is 0 Å². The number of ether oxygens (including phenoxy) is 1. The molecule has 0 radical (unpaired) electrons. The fraction of sp³-hybridized carbons (Fsp3) is 0.125. The Hall–Kier alpha value is -2.11. The largest absolute Gasteiger partial charge is 0.480 e. The van der Waals surface area contributed by atoms with Crippen LogP contribution in [0.4, 0.5) is 0 Å². The van der Waals surface area contributed by atoms with Crippen LogP contribution in [-0.4, -0.2) is 28.3 Å². The number of methoxy groups -OCH3 is 1. The monoisotopic (exact) mass is 194 g/mol. The van der Waals surface area contributed by atoms with Gasteiger partial charge in [0.2, 0.25) is 5.88 Å². The van der Waals surface area contributed by atoms with Crippen LogP contribution in [0.3, 0.4) is 0 Å². The quantitative estimate of drug-likeness (QED) is 0.765. The zero-order valence-electron chi connectivity index (χ0n) is 7.22. The third kappa shape index (κ3) is 1.08. The number of carboxylic acid groups (broad SMARTS) is 1. The molecule has 0 aliphatic carbocycles. The third-order valence-corrected chi connectivity index (χ3v) is 1.78. The van der Waals surface area contributed by atoms with E-state index in [2.05, 4.69) is 10.1 Å². The molecule has 0 unspecified atom stereocenters. The van der Waals surface area contributed by atoms with Gasteiger partial charge in [-0.25, -0.2) is 9.78 Å². The smallest absolute Gasteiger partial charge is 0.341 e. The molecule has 2 aromatic heterocycles. The molecule has 0 bridgehead atoms. The second-order valence-corrected chi connectivity index (χ2v) is 2.55. The topological polar surface area (TPSA) is 85.5 Å². The molecular formula is C8H6N2O4. The van der Waals surface area contributed by atoms with Gasteiger partial charge in [0.1, 0.15) is 10.9 Å². The lowest BCUT2D eigenvalue weighted by molar-refractivity contribution is 0.0697. The Balaban J connectivity index is 2.78. The minimum absolute atomic E-state index is 0.0294. The van der Waals surface area contributed by atoms with E-state index in [9.17, 15) is 4.79 Å². The van der Waals surface area contributed by atoms with Crippen LogP contribution >= 0.6 is 0 Å². The zero-order chi connectivity index (χ0) is 10.1. The van der Waals surface area contributed by atoms with Gasteiger partial charge >= 0.3 is 5.97 Å². The molecule has 6 nitrogen and oxygen atoms in total. The second kappa shape index (κ2) is 2.99. The highest BCUT2D eigenvalue weighted by Gasteiger charge is 2.16. The molecule has 0 atom stereocenters. The normalized spacial score (nSPS) is 10.4. The Labute approximate surface area is 78.1 Å². The van der Waals surface area contributed by atoms with E-state index in [1.54, 1.807) is 0 Å². The van der Waals surface area contributed by atoms with Crippen molar-refractivity contribution < 1.29 is 19.2 Å². The molecule has 0 fully saturated rings. The summed E-state index contributed by atoms with van der Waals surface area (Å²) in [6.45, 7) is 0. The molecular weight excluding hydrogens is 188 g/mol. The van der Waals surface area contributed by atoms with E-state index in [0.29, 0.717) is 11.3 Å². The standard InChI is InChI=1S/C8H6N2O4/c1-13-7-4-3-10-14-6(4)5(2-9-7)8(11)12/h2-3H,1H3,(H,11,12). The lowest BCUT2D eigenvalue weighted by Gasteiger charge is -1.99. The Bertz CT molecular complexity index is 491. The zero-order valence-corrected chi connectivity index (χ0v) is 7.22. The van der Waals surface area contributed by atoms with E-state index >= 15 is 0 Å². The first kappa shape index (κ1) is 8.49. The summed E-state index contributed by atoms with van der Waals surface area (Å²) >= 11 is 0. The number of hydrogen-bond acceptors (Lipinski definition) is 5. The van der Waals surface area contributed by atoms with Crippen LogP contribution < -0.4 is 4.74 Å². The molecule has 0 amide bonds. The average Bonchev–Trinajstić information content (AvgIpc) is 2.64. The summed E-state index contributed by atoms with van der Waals surface area (Å²) in [7, 11) is 1.44. The molecule has 72 valence electrons. The van der Waals surface area contributed by atoms with Crippen LogP contribution in [0.2, 0.25) is 0 Å². The van der Waals surface area contributed by atoms with Crippen LogP contribution in [0.1, 0.15) is 10.4 Å². The Morgan fingerprint density at radius 1 is 1.57 bits per heavy atom. The van der Waals surface area contributed by atoms with Gasteiger partial charge < -0.3 is 14.4 Å². The number of fused-ring (bicyclic) bond motifs is 1. The molecule has 2 aromatic rings. The predicted molar refractivity (Wildman–Crippen MR) is 45.3 cm³/mol. The van der Waals surface area contributed by atoms with E-state index in [4.69, 9.17) is 14.4 Å². The Morgan fingerprint density at radius 3 is 3.00 bits per heavy atom. The van der Waals surface area contributed by atoms with E-state index in [1.807, 2.05) is 0 Å². The van der Waals surface area contributed by atoms with Crippen LogP contribution in [0.5, 0.6) is 5.88 Å². The summed E-state index contributed by atoms with van der Waals surface area (Å²) in [6.07, 6.45) is 2.54. The molecule has 14 heavy (non-hydrogen) atoms. The maximum atomic E-state index is 10.7. The highest BCUT2D eigenvalue weighted by Crippen LogP contribution is 2.25. The molecule has 0 aromatic carbocycles. The summed E-state index contributed by atoms with van der Waals surface area (Å²) in [5.74, 6) is -0.812. The van der Waals surface area contributed by atoms with Crippen molar-refractivity contribution in [1.82, 2.24) is 10.1 Å². The molecule has 0 spiro atoms. The molecule has 0 saturated carbocycles. The van der Waals surface area contributed by atoms with Gasteiger partial charge in [-0.3, -0.25) is 0 Å². The summed E-state index contributed by atoms with van der Waals surface area (Å²) < 4.78 is 9.72. The third-order valence-electron chi connectivity index (χ3n) is 1.78. The van der Waals surface area contributed by atoms with Gasteiger partial charge in [-0.2, -0.15) is 0 Å². The van der Waals surface area contributed by atoms with E-state index in [0.717, 1.165) is 0 Å². The summed E-state index contributed by atoms with van der Waals surface area (Å²) in [5.41, 5.74) is 0.141. The van der Waals surface area contributed by atoms with Crippen molar-refractivity contribution in [3.05, 3.63) is 18.0 Å². The second-order valence-electron chi connectivity index (χ2n) is 2.55. The number of rotatable bonds is 2. The van der Waals surface area contributed by atoms with Gasteiger partial charge in [-0.05, 0) is 0 Å². The SMILES string of the molecule is COc1ncc(C(=O)O)c2oncc12. The first-order valence-corrected chi connectivity index (χ1v) is 3.74. The highest BCUT2D eigenvalue weighted by atomic mass is 16.5. The van der Waals surface area contributed by atoms with E-state index in [1.165, 1.54) is 19.5 Å². The van der Waals surface area contributed by atoms with E-state index < -0.39 is 5.97 Å². The van der Waals surface area contributed by atoms with Crippen LogP contribution in [0, 0.1) is 0 Å². The van der Waals surface area contributed by atoms with Gasteiger partial charge in [0.25, 0.3) is 0 Å². The lowest BCUT2D eigenvalue weighted by Crippen LogP contribution is -1.99. The number of hydrogen-bond donors (Lipinski definition) is 1. The van der Waals surface area contributed by atoms with Crippen molar-refractivity contribution in [2.24, 2.45) is 0 Å². The van der Waals surface area contributed by atoms with Crippen molar-refractivity contribution in [2.45, 2.75) is 0 Å². The summed E-state index contributed by atoms with van der Waals surface area (Å²) in [6, 6.07) is 0. The minimum Gasteiger partial charge on any atom is -0.480 e. The number of carbonyl (C=O) groups is 1. The molecule has 0 aliphatic rings. The van der Waals surface area contributed by atoms with Crippen molar-refractivity contribution in [3.63, 3.8) is 0 Å². The van der Waals surface area contributed by atoms with Crippen molar-refractivity contribution in [3.8, 4) is 5.88 Å². The van der Waals surface area contributed by atoms with Gasteiger partial charge in [0, 0.05) is 6.20 Å². The van der Waals surface area contributed by atoms with Crippen molar-refractivity contribution >= 4 is 16.9 Å². The highest BCUT2D eigenvalue weighted by molar-refractivity contribution is 6.01. The maximum absolute atomic E-state index is 10.7. The Kier molecular flexibility index (Phi) is 1.81.